The minimum absolute atomic E-state index is 0.0800. The van der Waals surface area contributed by atoms with Crippen LogP contribution in [-0.2, 0) is 0 Å². The molecule has 1 aromatic carbocycles. The van der Waals surface area contributed by atoms with Crippen LogP contribution in [0.25, 0.3) is 11.3 Å². The van der Waals surface area contributed by atoms with Crippen LogP contribution in [0.5, 0.6) is 0 Å². The molecule has 1 amide bonds. The summed E-state index contributed by atoms with van der Waals surface area (Å²) in [6, 6.07) is 10.9. The van der Waals surface area contributed by atoms with E-state index in [0.29, 0.717) is 11.2 Å². The highest BCUT2D eigenvalue weighted by Crippen LogP contribution is 2.38. The summed E-state index contributed by atoms with van der Waals surface area (Å²) in [6.45, 7) is 4.10. The Hall–Kier alpha value is -2.05. The van der Waals surface area contributed by atoms with E-state index in [1.165, 1.54) is 29.1 Å². The lowest BCUT2D eigenvalue weighted by Crippen LogP contribution is -2.13. The van der Waals surface area contributed by atoms with Crippen molar-refractivity contribution in [1.82, 2.24) is 9.55 Å². The second kappa shape index (κ2) is 6.93. The molecule has 0 spiro atoms. The number of aromatic nitrogens is 2. The largest absolute Gasteiger partial charge is 0.345 e. The van der Waals surface area contributed by atoms with E-state index in [1.54, 1.807) is 11.8 Å². The summed E-state index contributed by atoms with van der Waals surface area (Å²) in [5.74, 6) is -0.0800. The maximum absolute atomic E-state index is 12.7. The molecule has 0 atom stereocenters. The fraction of sp³-hybridized carbons (Fsp3) is 0.300. The second-order valence-electron chi connectivity index (χ2n) is 6.61. The molecule has 1 fully saturated rings. The van der Waals surface area contributed by atoms with Gasteiger partial charge in [-0.15, -0.1) is 23.1 Å². The molecule has 0 radical (unpaired) electrons. The average molecular weight is 384 g/mol. The molecule has 0 bridgehead atoms. The van der Waals surface area contributed by atoms with Crippen LogP contribution in [0.1, 0.15) is 40.6 Å². The SMILES string of the molecule is CSc1ccc(-c2csc(NC(=O)c3cc(C)n(C4CC4)c3C)n2)cc1. The molecule has 6 heteroatoms. The number of aryl methyl sites for hydroxylation is 1. The van der Waals surface area contributed by atoms with Crippen molar-refractivity contribution < 1.29 is 4.79 Å². The number of anilines is 1. The Morgan fingerprint density at radius 3 is 2.65 bits per heavy atom. The summed E-state index contributed by atoms with van der Waals surface area (Å²) in [6.07, 6.45) is 4.48. The Morgan fingerprint density at radius 2 is 2.00 bits per heavy atom. The van der Waals surface area contributed by atoms with Gasteiger partial charge in [0, 0.05) is 33.3 Å². The third kappa shape index (κ3) is 3.31. The van der Waals surface area contributed by atoms with Gasteiger partial charge in [0.1, 0.15) is 0 Å². The Balaban J connectivity index is 1.52. The van der Waals surface area contributed by atoms with Crippen LogP contribution in [0, 0.1) is 13.8 Å². The summed E-state index contributed by atoms with van der Waals surface area (Å²) < 4.78 is 2.29. The standard InChI is InChI=1S/C20H21N3OS2/c1-12-10-17(13(2)23(12)15-6-7-15)19(24)22-20-21-18(11-26-20)14-4-8-16(25-3)9-5-14/h4-5,8-11,15H,6-7H2,1-3H3,(H,21,22,24). The number of thioether (sulfide) groups is 1. The van der Waals surface area contributed by atoms with E-state index in [1.807, 2.05) is 18.4 Å². The lowest BCUT2D eigenvalue weighted by molar-refractivity contribution is 0.102. The minimum atomic E-state index is -0.0800. The number of thiazole rings is 1. The minimum Gasteiger partial charge on any atom is -0.345 e. The Labute approximate surface area is 161 Å². The third-order valence-electron chi connectivity index (χ3n) is 4.75. The zero-order valence-electron chi connectivity index (χ0n) is 15.1. The van der Waals surface area contributed by atoms with Crippen molar-refractivity contribution in [3.05, 3.63) is 52.7 Å². The van der Waals surface area contributed by atoms with Crippen molar-refractivity contribution in [1.29, 1.82) is 0 Å². The van der Waals surface area contributed by atoms with E-state index in [9.17, 15) is 4.79 Å². The Bertz CT molecular complexity index is 952. The van der Waals surface area contributed by atoms with Crippen molar-refractivity contribution in [2.45, 2.75) is 37.6 Å². The van der Waals surface area contributed by atoms with Crippen LogP contribution in [0.2, 0.25) is 0 Å². The number of rotatable bonds is 5. The van der Waals surface area contributed by atoms with Gasteiger partial charge in [-0.2, -0.15) is 0 Å². The average Bonchev–Trinajstić information content (AvgIpc) is 3.28. The molecule has 3 aromatic rings. The lowest BCUT2D eigenvalue weighted by atomic mass is 10.2. The molecule has 0 aliphatic heterocycles. The highest BCUT2D eigenvalue weighted by Gasteiger charge is 2.28. The molecule has 4 nitrogen and oxygen atoms in total. The first-order valence-corrected chi connectivity index (χ1v) is 10.8. The molecule has 2 heterocycles. The van der Waals surface area contributed by atoms with E-state index in [-0.39, 0.29) is 5.91 Å². The summed E-state index contributed by atoms with van der Waals surface area (Å²) >= 11 is 3.18. The molecule has 1 saturated carbocycles. The second-order valence-corrected chi connectivity index (χ2v) is 8.34. The van der Waals surface area contributed by atoms with Crippen LogP contribution < -0.4 is 5.32 Å². The summed E-state index contributed by atoms with van der Waals surface area (Å²) in [7, 11) is 0. The number of nitrogens with zero attached hydrogens (tertiary/aromatic N) is 2. The van der Waals surface area contributed by atoms with E-state index in [0.717, 1.165) is 28.2 Å². The van der Waals surface area contributed by atoms with Crippen LogP contribution in [0.15, 0.2) is 40.6 Å². The molecule has 4 rings (SSSR count). The van der Waals surface area contributed by atoms with Crippen LogP contribution in [-0.4, -0.2) is 21.7 Å². The quantitative estimate of drug-likeness (QED) is 0.589. The van der Waals surface area contributed by atoms with Crippen molar-refractivity contribution in [3.8, 4) is 11.3 Å². The fourth-order valence-corrected chi connectivity index (χ4v) is 4.41. The van der Waals surface area contributed by atoms with Crippen molar-refractivity contribution in [2.24, 2.45) is 0 Å². The Kier molecular flexibility index (Phi) is 4.63. The van der Waals surface area contributed by atoms with Gasteiger partial charge in [0.25, 0.3) is 5.91 Å². The highest BCUT2D eigenvalue weighted by molar-refractivity contribution is 7.98. The van der Waals surface area contributed by atoms with Gasteiger partial charge < -0.3 is 4.57 Å². The molecule has 1 aliphatic rings. The summed E-state index contributed by atoms with van der Waals surface area (Å²) in [4.78, 5) is 18.5. The molecule has 2 aromatic heterocycles. The van der Waals surface area contributed by atoms with Gasteiger partial charge in [-0.25, -0.2) is 4.98 Å². The van der Waals surface area contributed by atoms with Gasteiger partial charge in [0.05, 0.1) is 11.3 Å². The molecule has 0 unspecified atom stereocenters. The van der Waals surface area contributed by atoms with E-state index in [2.05, 4.69) is 52.3 Å². The van der Waals surface area contributed by atoms with Crippen LogP contribution in [0.3, 0.4) is 0 Å². The maximum atomic E-state index is 12.7. The molecular weight excluding hydrogens is 362 g/mol. The Morgan fingerprint density at radius 1 is 1.27 bits per heavy atom. The highest BCUT2D eigenvalue weighted by atomic mass is 32.2. The zero-order valence-corrected chi connectivity index (χ0v) is 16.7. The number of nitrogens with one attached hydrogen (secondary N) is 1. The molecular formula is C20H21N3OS2. The van der Waals surface area contributed by atoms with Gasteiger partial charge in [-0.1, -0.05) is 12.1 Å². The first-order valence-electron chi connectivity index (χ1n) is 8.66. The number of carbonyl (C=O) groups is 1. The summed E-state index contributed by atoms with van der Waals surface area (Å²) in [5.41, 5.74) is 4.90. The number of benzene rings is 1. The van der Waals surface area contributed by atoms with Gasteiger partial charge in [0.15, 0.2) is 5.13 Å². The summed E-state index contributed by atoms with van der Waals surface area (Å²) in [5, 5.41) is 5.58. The molecule has 26 heavy (non-hydrogen) atoms. The predicted octanol–water partition coefficient (Wildman–Crippen LogP) is 5.54. The molecule has 1 aliphatic carbocycles. The molecule has 134 valence electrons. The normalized spacial score (nSPS) is 13.8. The van der Waals surface area contributed by atoms with Gasteiger partial charge >= 0.3 is 0 Å². The van der Waals surface area contributed by atoms with Crippen LogP contribution >= 0.6 is 23.1 Å². The number of carbonyl (C=O) groups excluding carboxylic acids is 1. The van der Waals surface area contributed by atoms with E-state index >= 15 is 0 Å². The van der Waals surface area contributed by atoms with Crippen molar-refractivity contribution in [2.75, 3.05) is 11.6 Å². The number of hydrogen-bond donors (Lipinski definition) is 1. The first-order chi connectivity index (χ1) is 12.6. The number of hydrogen-bond acceptors (Lipinski definition) is 4. The smallest absolute Gasteiger partial charge is 0.259 e. The van der Waals surface area contributed by atoms with E-state index < -0.39 is 0 Å². The first kappa shape index (κ1) is 17.4. The van der Waals surface area contributed by atoms with Gasteiger partial charge in [-0.05, 0) is 51.1 Å². The molecule has 0 saturated heterocycles. The zero-order chi connectivity index (χ0) is 18.3. The van der Waals surface area contributed by atoms with Gasteiger partial charge in [0.2, 0.25) is 0 Å². The topological polar surface area (TPSA) is 46.9 Å². The van der Waals surface area contributed by atoms with E-state index in [4.69, 9.17) is 0 Å². The van der Waals surface area contributed by atoms with Crippen LogP contribution in [0.4, 0.5) is 5.13 Å². The lowest BCUT2D eigenvalue weighted by Gasteiger charge is -2.07. The third-order valence-corrected chi connectivity index (χ3v) is 6.25. The predicted molar refractivity (Wildman–Crippen MR) is 109 cm³/mol. The monoisotopic (exact) mass is 383 g/mol. The van der Waals surface area contributed by atoms with Crippen molar-refractivity contribution >= 4 is 34.1 Å². The van der Waals surface area contributed by atoms with Crippen molar-refractivity contribution in [3.63, 3.8) is 0 Å². The fourth-order valence-electron chi connectivity index (χ4n) is 3.29. The van der Waals surface area contributed by atoms with Gasteiger partial charge in [-0.3, -0.25) is 10.1 Å². The number of amides is 1. The molecule has 1 N–H and O–H groups in total. The maximum Gasteiger partial charge on any atom is 0.259 e.